The van der Waals surface area contributed by atoms with E-state index < -0.39 is 11.7 Å². The summed E-state index contributed by atoms with van der Waals surface area (Å²) in [4.78, 5) is 31.6. The SMILES string of the molecule is N#Cc1ccc(N2CCCN(C(=O)C3CCN(C(=O)c4ccc(C(F)(F)F)cc4)CC3)CC2)cc1. The van der Waals surface area contributed by atoms with Crippen LogP contribution in [-0.2, 0) is 11.0 Å². The number of nitriles is 1. The van der Waals surface area contributed by atoms with Crippen LogP contribution in [0.4, 0.5) is 18.9 Å². The lowest BCUT2D eigenvalue weighted by atomic mass is 9.94. The number of carbonyl (C=O) groups excluding carboxylic acids is 2. The Labute approximate surface area is 202 Å². The zero-order valence-electron chi connectivity index (χ0n) is 19.3. The van der Waals surface area contributed by atoms with Gasteiger partial charge in [0.1, 0.15) is 0 Å². The van der Waals surface area contributed by atoms with Crippen LogP contribution < -0.4 is 4.90 Å². The number of anilines is 1. The Kier molecular flexibility index (Phi) is 7.29. The van der Waals surface area contributed by atoms with Crippen molar-refractivity contribution in [1.29, 1.82) is 5.26 Å². The Morgan fingerprint density at radius 1 is 0.829 bits per heavy atom. The molecule has 0 aliphatic carbocycles. The fourth-order valence-corrected chi connectivity index (χ4v) is 4.71. The molecule has 4 rings (SSSR count). The predicted molar refractivity (Wildman–Crippen MR) is 125 cm³/mol. The van der Waals surface area contributed by atoms with Gasteiger partial charge in [-0.3, -0.25) is 9.59 Å². The first kappa shape index (κ1) is 24.6. The number of rotatable bonds is 3. The third-order valence-corrected chi connectivity index (χ3v) is 6.76. The molecule has 0 atom stereocenters. The van der Waals surface area contributed by atoms with Crippen LogP contribution in [0.1, 0.15) is 40.7 Å². The summed E-state index contributed by atoms with van der Waals surface area (Å²) in [7, 11) is 0. The molecule has 2 aliphatic heterocycles. The van der Waals surface area contributed by atoms with Gasteiger partial charge in [0.15, 0.2) is 0 Å². The highest BCUT2D eigenvalue weighted by atomic mass is 19.4. The highest BCUT2D eigenvalue weighted by Gasteiger charge is 2.33. The molecule has 2 saturated heterocycles. The second-order valence-corrected chi connectivity index (χ2v) is 8.97. The third-order valence-electron chi connectivity index (χ3n) is 6.76. The quantitative estimate of drug-likeness (QED) is 0.656. The normalized spacial score (nSPS) is 17.6. The molecule has 2 aromatic rings. The number of benzene rings is 2. The number of amides is 2. The van der Waals surface area contributed by atoms with Gasteiger partial charge in [0, 0.05) is 56.4 Å². The van der Waals surface area contributed by atoms with Gasteiger partial charge in [0.2, 0.25) is 5.91 Å². The molecule has 0 aromatic heterocycles. The monoisotopic (exact) mass is 484 g/mol. The molecule has 2 aromatic carbocycles. The van der Waals surface area contributed by atoms with Gasteiger partial charge >= 0.3 is 6.18 Å². The van der Waals surface area contributed by atoms with E-state index >= 15 is 0 Å². The number of alkyl halides is 3. The maximum Gasteiger partial charge on any atom is 0.416 e. The summed E-state index contributed by atoms with van der Waals surface area (Å²) in [5.41, 5.74) is 1.09. The molecule has 2 amide bonds. The van der Waals surface area contributed by atoms with Crippen LogP contribution >= 0.6 is 0 Å². The molecule has 0 unspecified atom stereocenters. The maximum atomic E-state index is 13.2. The summed E-state index contributed by atoms with van der Waals surface area (Å²) in [6.45, 7) is 3.64. The fraction of sp³-hybridized carbons (Fsp3) is 0.423. The van der Waals surface area contributed by atoms with E-state index in [1.54, 1.807) is 17.0 Å². The van der Waals surface area contributed by atoms with Gasteiger partial charge in [-0.25, -0.2) is 0 Å². The van der Waals surface area contributed by atoms with E-state index in [1.165, 1.54) is 12.1 Å². The number of carbonyl (C=O) groups is 2. The van der Waals surface area contributed by atoms with Crippen molar-refractivity contribution in [3.8, 4) is 6.07 Å². The molecule has 0 saturated carbocycles. The molecular weight excluding hydrogens is 457 g/mol. The summed E-state index contributed by atoms with van der Waals surface area (Å²) in [6, 6.07) is 13.8. The van der Waals surface area contributed by atoms with Crippen LogP contribution in [0.3, 0.4) is 0 Å². The molecule has 0 radical (unpaired) electrons. The van der Waals surface area contributed by atoms with Crippen molar-refractivity contribution >= 4 is 17.5 Å². The van der Waals surface area contributed by atoms with Crippen LogP contribution in [0, 0.1) is 17.2 Å². The summed E-state index contributed by atoms with van der Waals surface area (Å²) in [5.74, 6) is -0.362. The van der Waals surface area contributed by atoms with Crippen molar-refractivity contribution in [2.45, 2.75) is 25.4 Å². The first-order chi connectivity index (χ1) is 16.8. The molecule has 6 nitrogen and oxygen atoms in total. The van der Waals surface area contributed by atoms with Crippen molar-refractivity contribution in [3.05, 3.63) is 65.2 Å². The molecule has 0 spiro atoms. The van der Waals surface area contributed by atoms with E-state index in [4.69, 9.17) is 5.26 Å². The lowest BCUT2D eigenvalue weighted by molar-refractivity contribution is -0.138. The molecule has 2 heterocycles. The number of nitrogens with zero attached hydrogens (tertiary/aromatic N) is 4. The molecule has 9 heteroatoms. The van der Waals surface area contributed by atoms with Gasteiger partial charge in [0.05, 0.1) is 17.2 Å². The Morgan fingerprint density at radius 3 is 2.09 bits per heavy atom. The second kappa shape index (κ2) is 10.4. The topological polar surface area (TPSA) is 67.7 Å². The Hall–Kier alpha value is -3.54. The standard InChI is InChI=1S/C26H27F3N4O2/c27-26(28,29)22-6-4-20(5-7-22)24(34)33-14-10-21(11-15-33)25(35)32-13-1-12-31(16-17-32)23-8-2-19(18-30)3-9-23/h2-9,21H,1,10-17H2. The summed E-state index contributed by atoms with van der Waals surface area (Å²) in [6.07, 6.45) is -2.51. The zero-order valence-corrected chi connectivity index (χ0v) is 19.3. The van der Waals surface area contributed by atoms with E-state index in [0.29, 0.717) is 51.1 Å². The fourth-order valence-electron chi connectivity index (χ4n) is 4.71. The van der Waals surface area contributed by atoms with Crippen molar-refractivity contribution in [2.75, 3.05) is 44.2 Å². The number of halogens is 3. The molecule has 0 N–H and O–H groups in total. The first-order valence-corrected chi connectivity index (χ1v) is 11.8. The van der Waals surface area contributed by atoms with Crippen molar-refractivity contribution in [2.24, 2.45) is 5.92 Å². The minimum absolute atomic E-state index is 0.105. The third kappa shape index (κ3) is 5.76. The largest absolute Gasteiger partial charge is 0.416 e. The number of hydrogen-bond acceptors (Lipinski definition) is 4. The molecule has 2 aliphatic rings. The molecule has 35 heavy (non-hydrogen) atoms. The molecule has 184 valence electrons. The smallest absolute Gasteiger partial charge is 0.370 e. The minimum Gasteiger partial charge on any atom is -0.370 e. The van der Waals surface area contributed by atoms with Crippen LogP contribution in [0.5, 0.6) is 0 Å². The van der Waals surface area contributed by atoms with Gasteiger partial charge in [-0.15, -0.1) is 0 Å². The van der Waals surface area contributed by atoms with Crippen molar-refractivity contribution < 1.29 is 22.8 Å². The highest BCUT2D eigenvalue weighted by Crippen LogP contribution is 2.30. The van der Waals surface area contributed by atoms with Gasteiger partial charge in [-0.1, -0.05) is 0 Å². The predicted octanol–water partition coefficient (Wildman–Crippen LogP) is 4.17. The van der Waals surface area contributed by atoms with E-state index in [-0.39, 0.29) is 23.3 Å². The Morgan fingerprint density at radius 2 is 1.49 bits per heavy atom. The molecule has 0 bridgehead atoms. The average Bonchev–Trinajstić information content (AvgIpc) is 3.14. The van der Waals surface area contributed by atoms with Gasteiger partial charge in [-0.2, -0.15) is 18.4 Å². The number of piperidine rings is 1. The molecule has 2 fully saturated rings. The number of hydrogen-bond donors (Lipinski definition) is 0. The summed E-state index contributed by atoms with van der Waals surface area (Å²) >= 11 is 0. The van der Waals surface area contributed by atoms with Crippen molar-refractivity contribution in [1.82, 2.24) is 9.80 Å². The summed E-state index contributed by atoms with van der Waals surface area (Å²) < 4.78 is 38.3. The Balaban J connectivity index is 1.29. The lowest BCUT2D eigenvalue weighted by Gasteiger charge is -2.34. The van der Waals surface area contributed by atoms with Crippen LogP contribution in [0.15, 0.2) is 48.5 Å². The van der Waals surface area contributed by atoms with Crippen molar-refractivity contribution in [3.63, 3.8) is 0 Å². The van der Waals surface area contributed by atoms with Gasteiger partial charge < -0.3 is 14.7 Å². The van der Waals surface area contributed by atoms with E-state index in [1.807, 2.05) is 17.0 Å². The van der Waals surface area contributed by atoms with Crippen LogP contribution in [0.2, 0.25) is 0 Å². The lowest BCUT2D eigenvalue weighted by Crippen LogP contribution is -2.45. The first-order valence-electron chi connectivity index (χ1n) is 11.8. The minimum atomic E-state index is -4.44. The summed E-state index contributed by atoms with van der Waals surface area (Å²) in [5, 5.41) is 8.98. The molecular formula is C26H27F3N4O2. The zero-order chi connectivity index (χ0) is 25.0. The average molecular weight is 485 g/mol. The van der Waals surface area contributed by atoms with E-state index in [2.05, 4.69) is 11.0 Å². The van der Waals surface area contributed by atoms with E-state index in [9.17, 15) is 22.8 Å². The van der Waals surface area contributed by atoms with Gasteiger partial charge in [-0.05, 0) is 67.8 Å². The van der Waals surface area contributed by atoms with Crippen LogP contribution in [0.25, 0.3) is 0 Å². The Bertz CT molecular complexity index is 1090. The van der Waals surface area contributed by atoms with Crippen LogP contribution in [-0.4, -0.2) is 60.9 Å². The highest BCUT2D eigenvalue weighted by molar-refractivity contribution is 5.94. The second-order valence-electron chi connectivity index (χ2n) is 8.97. The maximum absolute atomic E-state index is 13.2. The number of likely N-dealkylation sites (tertiary alicyclic amines) is 1. The van der Waals surface area contributed by atoms with Gasteiger partial charge in [0.25, 0.3) is 5.91 Å². The van der Waals surface area contributed by atoms with E-state index in [0.717, 1.165) is 30.8 Å².